The molecule has 0 spiro atoms. The first-order valence-electron chi connectivity index (χ1n) is 5.71. The lowest BCUT2D eigenvalue weighted by Gasteiger charge is -2.10. The molecule has 0 saturated carbocycles. The van der Waals surface area contributed by atoms with E-state index >= 15 is 0 Å². The lowest BCUT2D eigenvalue weighted by molar-refractivity contribution is 0.415. The molecule has 0 aliphatic rings. The van der Waals surface area contributed by atoms with Crippen LogP contribution in [0.1, 0.15) is 5.56 Å². The van der Waals surface area contributed by atoms with E-state index in [1.807, 2.05) is 0 Å². The molecule has 19 heavy (non-hydrogen) atoms. The molecular weight excluding hydrogens is 250 g/mol. The van der Waals surface area contributed by atoms with E-state index in [-0.39, 0.29) is 0 Å². The van der Waals surface area contributed by atoms with E-state index in [9.17, 15) is 8.78 Å². The Morgan fingerprint density at radius 2 is 1.89 bits per heavy atom. The van der Waals surface area contributed by atoms with Crippen LogP contribution in [0.3, 0.4) is 0 Å². The fourth-order valence-electron chi connectivity index (χ4n) is 1.70. The number of anilines is 2. The van der Waals surface area contributed by atoms with Crippen LogP contribution in [0.2, 0.25) is 0 Å². The van der Waals surface area contributed by atoms with Gasteiger partial charge in [-0.25, -0.2) is 8.78 Å². The maximum absolute atomic E-state index is 13.0. The molecule has 0 amide bonds. The van der Waals surface area contributed by atoms with Gasteiger partial charge in [0, 0.05) is 30.1 Å². The Morgan fingerprint density at radius 3 is 2.58 bits per heavy atom. The van der Waals surface area contributed by atoms with Crippen molar-refractivity contribution in [2.24, 2.45) is 0 Å². The summed E-state index contributed by atoms with van der Waals surface area (Å²) in [5.41, 5.74) is 7.67. The van der Waals surface area contributed by atoms with Gasteiger partial charge in [-0.15, -0.1) is 0 Å². The zero-order chi connectivity index (χ0) is 13.8. The van der Waals surface area contributed by atoms with Crippen LogP contribution < -0.4 is 15.8 Å². The van der Waals surface area contributed by atoms with Crippen molar-refractivity contribution in [2.75, 3.05) is 18.2 Å². The maximum Gasteiger partial charge on any atom is 0.159 e. The molecule has 0 fully saturated rings. The number of hydrogen-bond acceptors (Lipinski definition) is 3. The van der Waals surface area contributed by atoms with Crippen molar-refractivity contribution < 1.29 is 13.5 Å². The highest BCUT2D eigenvalue weighted by atomic mass is 19.2. The lowest BCUT2D eigenvalue weighted by atomic mass is 10.2. The van der Waals surface area contributed by atoms with Gasteiger partial charge in [-0.1, -0.05) is 6.07 Å². The highest BCUT2D eigenvalue weighted by Gasteiger charge is 2.03. The summed E-state index contributed by atoms with van der Waals surface area (Å²) >= 11 is 0. The molecule has 2 rings (SSSR count). The zero-order valence-corrected chi connectivity index (χ0v) is 10.4. The number of rotatable bonds is 4. The van der Waals surface area contributed by atoms with Gasteiger partial charge in [0.2, 0.25) is 0 Å². The first-order chi connectivity index (χ1) is 9.08. The molecule has 2 aromatic carbocycles. The standard InChI is InChI=1S/C14H14F2N2O/c1-19-12-6-10(17)5-11(7-12)18-8-9-2-3-13(15)14(16)4-9/h2-7,18H,8,17H2,1H3. The Labute approximate surface area is 110 Å². The zero-order valence-electron chi connectivity index (χ0n) is 10.4. The third kappa shape index (κ3) is 3.34. The van der Waals surface area contributed by atoms with E-state index in [4.69, 9.17) is 10.5 Å². The van der Waals surface area contributed by atoms with Crippen LogP contribution in [0, 0.1) is 11.6 Å². The van der Waals surface area contributed by atoms with Crippen LogP contribution in [-0.4, -0.2) is 7.11 Å². The van der Waals surface area contributed by atoms with Crippen molar-refractivity contribution in [3.05, 3.63) is 53.6 Å². The van der Waals surface area contributed by atoms with E-state index in [2.05, 4.69) is 5.32 Å². The normalized spacial score (nSPS) is 10.3. The van der Waals surface area contributed by atoms with E-state index in [1.165, 1.54) is 6.07 Å². The highest BCUT2D eigenvalue weighted by molar-refractivity contribution is 5.59. The number of methoxy groups -OCH3 is 1. The molecule has 0 radical (unpaired) electrons. The Balaban J connectivity index is 2.09. The number of ether oxygens (including phenoxy) is 1. The molecule has 0 aliphatic carbocycles. The molecule has 5 heteroatoms. The fourth-order valence-corrected chi connectivity index (χ4v) is 1.70. The number of hydrogen-bond donors (Lipinski definition) is 2. The Morgan fingerprint density at radius 1 is 1.11 bits per heavy atom. The van der Waals surface area contributed by atoms with Gasteiger partial charge in [0.25, 0.3) is 0 Å². The molecule has 0 unspecified atom stereocenters. The molecule has 0 saturated heterocycles. The van der Waals surface area contributed by atoms with Crippen molar-refractivity contribution in [3.8, 4) is 5.75 Å². The van der Waals surface area contributed by atoms with Crippen LogP contribution in [0.25, 0.3) is 0 Å². The van der Waals surface area contributed by atoms with E-state index in [0.717, 1.165) is 17.8 Å². The second kappa shape index (κ2) is 5.56. The topological polar surface area (TPSA) is 47.3 Å². The Kier molecular flexibility index (Phi) is 3.85. The molecule has 0 aliphatic heterocycles. The van der Waals surface area contributed by atoms with Crippen molar-refractivity contribution in [3.63, 3.8) is 0 Å². The molecule has 3 nitrogen and oxygen atoms in total. The molecular formula is C14H14F2N2O. The smallest absolute Gasteiger partial charge is 0.159 e. The number of nitrogen functional groups attached to an aromatic ring is 1. The van der Waals surface area contributed by atoms with E-state index in [1.54, 1.807) is 25.3 Å². The summed E-state index contributed by atoms with van der Waals surface area (Å²) < 4.78 is 30.9. The summed E-state index contributed by atoms with van der Waals surface area (Å²) in [6, 6.07) is 8.99. The van der Waals surface area contributed by atoms with Crippen molar-refractivity contribution in [1.82, 2.24) is 0 Å². The highest BCUT2D eigenvalue weighted by Crippen LogP contribution is 2.22. The van der Waals surface area contributed by atoms with Gasteiger partial charge in [-0.3, -0.25) is 0 Å². The monoisotopic (exact) mass is 264 g/mol. The van der Waals surface area contributed by atoms with Crippen molar-refractivity contribution >= 4 is 11.4 Å². The van der Waals surface area contributed by atoms with Gasteiger partial charge in [0.05, 0.1) is 7.11 Å². The third-order valence-corrected chi connectivity index (χ3v) is 2.65. The second-order valence-electron chi connectivity index (χ2n) is 4.10. The largest absolute Gasteiger partial charge is 0.497 e. The Bertz CT molecular complexity index is 588. The van der Waals surface area contributed by atoms with Crippen LogP contribution in [0.15, 0.2) is 36.4 Å². The van der Waals surface area contributed by atoms with Gasteiger partial charge in [-0.05, 0) is 23.8 Å². The summed E-state index contributed by atoms with van der Waals surface area (Å²) in [5, 5.41) is 3.07. The summed E-state index contributed by atoms with van der Waals surface area (Å²) in [7, 11) is 1.55. The van der Waals surface area contributed by atoms with Crippen LogP contribution in [0.4, 0.5) is 20.2 Å². The van der Waals surface area contributed by atoms with Crippen LogP contribution in [-0.2, 0) is 6.54 Å². The Hall–Kier alpha value is -2.30. The first kappa shape index (κ1) is 13.1. The molecule has 100 valence electrons. The predicted octanol–water partition coefficient (Wildman–Crippen LogP) is 3.17. The molecule has 0 heterocycles. The van der Waals surface area contributed by atoms with E-state index in [0.29, 0.717) is 23.5 Å². The average Bonchev–Trinajstić information content (AvgIpc) is 2.39. The molecule has 0 aromatic heterocycles. The summed E-state index contributed by atoms with van der Waals surface area (Å²) in [4.78, 5) is 0. The number of nitrogens with two attached hydrogens (primary N) is 1. The van der Waals surface area contributed by atoms with Gasteiger partial charge in [-0.2, -0.15) is 0 Å². The van der Waals surface area contributed by atoms with Gasteiger partial charge in [0.1, 0.15) is 5.75 Å². The molecule has 0 atom stereocenters. The second-order valence-corrected chi connectivity index (χ2v) is 4.10. The first-order valence-corrected chi connectivity index (χ1v) is 5.71. The number of nitrogens with one attached hydrogen (secondary N) is 1. The van der Waals surface area contributed by atoms with Gasteiger partial charge in [0.15, 0.2) is 11.6 Å². The molecule has 0 bridgehead atoms. The lowest BCUT2D eigenvalue weighted by Crippen LogP contribution is -2.01. The van der Waals surface area contributed by atoms with E-state index < -0.39 is 11.6 Å². The summed E-state index contributed by atoms with van der Waals surface area (Å²) in [6.45, 7) is 0.365. The third-order valence-electron chi connectivity index (χ3n) is 2.65. The minimum Gasteiger partial charge on any atom is -0.497 e. The number of benzene rings is 2. The van der Waals surface area contributed by atoms with Gasteiger partial charge >= 0.3 is 0 Å². The summed E-state index contributed by atoms with van der Waals surface area (Å²) in [6.07, 6.45) is 0. The molecule has 3 N–H and O–H groups in total. The maximum atomic E-state index is 13.0. The SMILES string of the molecule is COc1cc(N)cc(NCc2ccc(F)c(F)c2)c1. The van der Waals surface area contributed by atoms with Crippen LogP contribution in [0.5, 0.6) is 5.75 Å². The summed E-state index contributed by atoms with van der Waals surface area (Å²) in [5.74, 6) is -1.08. The fraction of sp³-hybridized carbons (Fsp3) is 0.143. The average molecular weight is 264 g/mol. The predicted molar refractivity (Wildman–Crippen MR) is 71.1 cm³/mol. The minimum atomic E-state index is -0.857. The van der Waals surface area contributed by atoms with Crippen LogP contribution >= 0.6 is 0 Å². The van der Waals surface area contributed by atoms with Crippen molar-refractivity contribution in [2.45, 2.75) is 6.54 Å². The van der Waals surface area contributed by atoms with Crippen molar-refractivity contribution in [1.29, 1.82) is 0 Å². The minimum absolute atomic E-state index is 0.365. The quantitative estimate of drug-likeness (QED) is 0.834. The molecule has 2 aromatic rings. The number of halogens is 2. The van der Waals surface area contributed by atoms with Gasteiger partial charge < -0.3 is 15.8 Å².